The van der Waals surface area contributed by atoms with Crippen LogP contribution in [0.3, 0.4) is 0 Å². The van der Waals surface area contributed by atoms with Crippen molar-refractivity contribution in [1.29, 1.82) is 0 Å². The second-order valence-electron chi connectivity index (χ2n) is 7.00. The Morgan fingerprint density at radius 2 is 1.87 bits per heavy atom. The molecule has 0 spiro atoms. The van der Waals surface area contributed by atoms with E-state index < -0.39 is 6.03 Å². The Hall–Kier alpha value is -3.51. The van der Waals surface area contributed by atoms with Crippen LogP contribution in [0, 0.1) is 0 Å². The number of carbonyl (C=O) groups excluding carboxylic acids is 2. The van der Waals surface area contributed by atoms with Crippen molar-refractivity contribution in [3.63, 3.8) is 0 Å². The Kier molecular flexibility index (Phi) is 5.82. The lowest BCUT2D eigenvalue weighted by atomic mass is 10.1. The number of methoxy groups -OCH3 is 1. The fourth-order valence-electron chi connectivity index (χ4n) is 3.56. The SMILES string of the molecule is CCN1C(=O)N/C(=C/c2cc(Cl)c(OCc3cccc4ccccc34)c(OC)c2)C1=O. The summed E-state index contributed by atoms with van der Waals surface area (Å²) in [5, 5.41) is 5.16. The second-order valence-corrected chi connectivity index (χ2v) is 7.41. The first kappa shape index (κ1) is 20.8. The molecule has 3 amide bonds. The zero-order valence-electron chi connectivity index (χ0n) is 17.1. The first-order valence-corrected chi connectivity index (χ1v) is 10.2. The summed E-state index contributed by atoms with van der Waals surface area (Å²) < 4.78 is 11.5. The van der Waals surface area contributed by atoms with Gasteiger partial charge in [0.05, 0.1) is 12.1 Å². The van der Waals surface area contributed by atoms with E-state index in [2.05, 4.69) is 23.5 Å². The molecule has 0 atom stereocenters. The van der Waals surface area contributed by atoms with Gasteiger partial charge in [-0.1, -0.05) is 54.1 Å². The van der Waals surface area contributed by atoms with E-state index in [0.717, 1.165) is 21.2 Å². The Labute approximate surface area is 185 Å². The maximum Gasteiger partial charge on any atom is 0.328 e. The zero-order chi connectivity index (χ0) is 22.0. The Bertz CT molecular complexity index is 1200. The van der Waals surface area contributed by atoms with Crippen LogP contribution >= 0.6 is 11.6 Å². The molecule has 1 aliphatic heterocycles. The minimum atomic E-state index is -0.438. The number of nitrogens with one attached hydrogen (secondary N) is 1. The molecule has 6 nitrogen and oxygen atoms in total. The molecule has 4 rings (SSSR count). The lowest BCUT2D eigenvalue weighted by Gasteiger charge is -2.14. The van der Waals surface area contributed by atoms with Gasteiger partial charge in [-0.2, -0.15) is 0 Å². The number of nitrogens with zero attached hydrogens (tertiary/aromatic N) is 1. The molecule has 3 aromatic rings. The number of carbonyl (C=O) groups is 2. The summed E-state index contributed by atoms with van der Waals surface area (Å²) >= 11 is 6.49. The van der Waals surface area contributed by atoms with Gasteiger partial charge in [-0.05, 0) is 47.0 Å². The standard InChI is InChI=1S/C24H21ClN2O4/c1-3-27-23(28)20(26-24(27)29)12-15-11-19(25)22(21(13-15)30-2)31-14-17-9-6-8-16-7-4-5-10-18(16)17/h4-13H,3,14H2,1-2H3,(H,26,29)/b20-12+. The third kappa shape index (κ3) is 4.07. The van der Waals surface area contributed by atoms with Crippen molar-refractivity contribution in [2.75, 3.05) is 13.7 Å². The lowest BCUT2D eigenvalue weighted by Crippen LogP contribution is -2.30. The van der Waals surface area contributed by atoms with Crippen LogP contribution in [-0.4, -0.2) is 30.5 Å². The van der Waals surface area contributed by atoms with Crippen LogP contribution in [0.25, 0.3) is 16.8 Å². The number of rotatable bonds is 6. The molecule has 0 bridgehead atoms. The number of urea groups is 1. The predicted molar refractivity (Wildman–Crippen MR) is 120 cm³/mol. The number of hydrogen-bond acceptors (Lipinski definition) is 4. The van der Waals surface area contributed by atoms with Gasteiger partial charge in [-0.3, -0.25) is 9.69 Å². The molecule has 0 saturated carbocycles. The third-order valence-electron chi connectivity index (χ3n) is 5.09. The summed E-state index contributed by atoms with van der Waals surface area (Å²) in [4.78, 5) is 25.3. The molecule has 7 heteroatoms. The zero-order valence-corrected chi connectivity index (χ0v) is 17.9. The van der Waals surface area contributed by atoms with E-state index in [1.54, 1.807) is 25.1 Å². The number of imide groups is 1. The maximum atomic E-state index is 12.3. The highest BCUT2D eigenvalue weighted by atomic mass is 35.5. The molecule has 0 radical (unpaired) electrons. The summed E-state index contributed by atoms with van der Waals surface area (Å²) in [5.41, 5.74) is 1.83. The van der Waals surface area contributed by atoms with Gasteiger partial charge in [0.2, 0.25) is 0 Å². The number of amides is 3. The first-order chi connectivity index (χ1) is 15.0. The normalized spacial score (nSPS) is 14.9. The number of benzene rings is 3. The summed E-state index contributed by atoms with van der Waals surface area (Å²) in [5.74, 6) is 0.471. The van der Waals surface area contributed by atoms with Gasteiger partial charge in [0.1, 0.15) is 12.3 Å². The van der Waals surface area contributed by atoms with E-state index in [1.165, 1.54) is 7.11 Å². The molecular weight excluding hydrogens is 416 g/mol. The van der Waals surface area contributed by atoms with Gasteiger partial charge >= 0.3 is 6.03 Å². The van der Waals surface area contributed by atoms with E-state index in [9.17, 15) is 9.59 Å². The molecule has 1 heterocycles. The number of likely N-dealkylation sites (N-methyl/N-ethyl adjacent to an activating group) is 1. The van der Waals surface area contributed by atoms with E-state index in [1.807, 2.05) is 24.3 Å². The van der Waals surface area contributed by atoms with Gasteiger partial charge in [-0.25, -0.2) is 4.79 Å². The molecule has 0 aromatic heterocycles. The molecule has 158 valence electrons. The van der Waals surface area contributed by atoms with Crippen molar-refractivity contribution in [2.24, 2.45) is 0 Å². The predicted octanol–water partition coefficient (Wildman–Crippen LogP) is 4.99. The van der Waals surface area contributed by atoms with Crippen molar-refractivity contribution in [3.05, 3.63) is 76.4 Å². The van der Waals surface area contributed by atoms with Gasteiger partial charge in [-0.15, -0.1) is 0 Å². The molecule has 3 aromatic carbocycles. The highest BCUT2D eigenvalue weighted by Crippen LogP contribution is 2.38. The van der Waals surface area contributed by atoms with Crippen LogP contribution in [0.5, 0.6) is 11.5 Å². The smallest absolute Gasteiger partial charge is 0.328 e. The molecule has 0 aliphatic carbocycles. The van der Waals surface area contributed by atoms with Crippen LogP contribution in [0.15, 0.2) is 60.3 Å². The average Bonchev–Trinajstić information content (AvgIpc) is 3.04. The quantitative estimate of drug-likeness (QED) is 0.436. The molecule has 0 unspecified atom stereocenters. The fraction of sp³-hybridized carbons (Fsp3) is 0.167. The second kappa shape index (κ2) is 8.70. The van der Waals surface area contributed by atoms with Crippen molar-refractivity contribution < 1.29 is 19.1 Å². The first-order valence-electron chi connectivity index (χ1n) is 9.83. The monoisotopic (exact) mass is 436 g/mol. The topological polar surface area (TPSA) is 67.9 Å². The maximum absolute atomic E-state index is 12.3. The number of fused-ring (bicyclic) bond motifs is 1. The molecule has 31 heavy (non-hydrogen) atoms. The average molecular weight is 437 g/mol. The largest absolute Gasteiger partial charge is 0.493 e. The van der Waals surface area contributed by atoms with Crippen molar-refractivity contribution in [1.82, 2.24) is 10.2 Å². The van der Waals surface area contributed by atoms with Crippen molar-refractivity contribution in [3.8, 4) is 11.5 Å². The summed E-state index contributed by atoms with van der Waals surface area (Å²) in [6, 6.07) is 17.1. The van der Waals surface area contributed by atoms with Crippen LogP contribution in [-0.2, 0) is 11.4 Å². The highest BCUT2D eigenvalue weighted by molar-refractivity contribution is 6.32. The molecular formula is C24H21ClN2O4. The van der Waals surface area contributed by atoms with Crippen molar-refractivity contribution in [2.45, 2.75) is 13.5 Å². The van der Waals surface area contributed by atoms with Gasteiger partial charge in [0.15, 0.2) is 11.5 Å². The molecule has 1 N–H and O–H groups in total. The van der Waals surface area contributed by atoms with E-state index in [0.29, 0.717) is 35.2 Å². The van der Waals surface area contributed by atoms with Crippen LogP contribution in [0.4, 0.5) is 4.79 Å². The van der Waals surface area contributed by atoms with Gasteiger partial charge in [0, 0.05) is 6.54 Å². The molecule has 1 aliphatic rings. The van der Waals surface area contributed by atoms with E-state index in [4.69, 9.17) is 21.1 Å². The van der Waals surface area contributed by atoms with Gasteiger partial charge < -0.3 is 14.8 Å². The summed E-state index contributed by atoms with van der Waals surface area (Å²) in [6.07, 6.45) is 1.57. The van der Waals surface area contributed by atoms with E-state index in [-0.39, 0.29) is 11.6 Å². The number of ether oxygens (including phenoxy) is 2. The van der Waals surface area contributed by atoms with Crippen molar-refractivity contribution >= 4 is 40.4 Å². The number of hydrogen-bond donors (Lipinski definition) is 1. The lowest BCUT2D eigenvalue weighted by molar-refractivity contribution is -0.122. The summed E-state index contributed by atoms with van der Waals surface area (Å²) in [6.45, 7) is 2.35. The Morgan fingerprint density at radius 3 is 2.61 bits per heavy atom. The minimum Gasteiger partial charge on any atom is -0.493 e. The summed E-state index contributed by atoms with van der Waals surface area (Å²) in [7, 11) is 1.52. The van der Waals surface area contributed by atoms with Gasteiger partial charge in [0.25, 0.3) is 5.91 Å². The third-order valence-corrected chi connectivity index (χ3v) is 5.37. The highest BCUT2D eigenvalue weighted by Gasteiger charge is 2.32. The fourth-order valence-corrected chi connectivity index (χ4v) is 3.83. The molecule has 1 fully saturated rings. The van der Waals surface area contributed by atoms with Crippen LogP contribution < -0.4 is 14.8 Å². The molecule has 1 saturated heterocycles. The number of halogens is 1. The van der Waals surface area contributed by atoms with Crippen LogP contribution in [0.1, 0.15) is 18.1 Å². The van der Waals surface area contributed by atoms with Crippen LogP contribution in [0.2, 0.25) is 5.02 Å². The Balaban J connectivity index is 1.61. The minimum absolute atomic E-state index is 0.189. The van der Waals surface area contributed by atoms with E-state index >= 15 is 0 Å². The Morgan fingerprint density at radius 1 is 1.10 bits per heavy atom.